The normalized spacial score (nSPS) is 21.1. The summed E-state index contributed by atoms with van der Waals surface area (Å²) in [4.78, 5) is 36.2. The number of morpholine rings is 1. The number of nitrogens with one attached hydrogen (secondary N) is 1. The molecule has 0 spiro atoms. The van der Waals surface area contributed by atoms with Crippen molar-refractivity contribution in [3.8, 4) is 0 Å². The molecule has 0 aliphatic carbocycles. The number of amidine groups is 1. The van der Waals surface area contributed by atoms with Crippen LogP contribution in [0.3, 0.4) is 0 Å². The third kappa shape index (κ3) is 5.19. The van der Waals surface area contributed by atoms with Crippen molar-refractivity contribution in [3.05, 3.63) is 61.9 Å². The molecule has 0 saturated carbocycles. The number of carbonyl (C=O) groups is 2. The van der Waals surface area contributed by atoms with E-state index >= 15 is 0 Å². The van der Waals surface area contributed by atoms with Crippen LogP contribution in [0.2, 0.25) is 0 Å². The van der Waals surface area contributed by atoms with Crippen LogP contribution in [0.1, 0.15) is 23.5 Å². The molecule has 9 nitrogen and oxygen atoms in total. The van der Waals surface area contributed by atoms with E-state index in [2.05, 4.69) is 26.2 Å². The number of carbonyl (C=O) groups excluding carboxylic acids is 2. The first-order valence-electron chi connectivity index (χ1n) is 10.6. The number of rotatable bonds is 7. The SMILES string of the molecule is CCOC(=O)C1=C(CN2CCOCC2C(N)=O)NC(c2nccs2)=NC1c1ccc(F)cc1Br. The number of halogens is 2. The van der Waals surface area contributed by atoms with Gasteiger partial charge in [0.1, 0.15) is 17.9 Å². The average Bonchev–Trinajstić information content (AvgIpc) is 3.34. The summed E-state index contributed by atoms with van der Waals surface area (Å²) in [5, 5.41) is 5.67. The van der Waals surface area contributed by atoms with Gasteiger partial charge in [-0.25, -0.2) is 14.2 Å². The molecule has 1 saturated heterocycles. The maximum atomic E-state index is 13.8. The van der Waals surface area contributed by atoms with E-state index in [-0.39, 0.29) is 25.3 Å². The second-order valence-corrected chi connectivity index (χ2v) is 9.33. The first kappa shape index (κ1) is 24.5. The zero-order valence-electron chi connectivity index (χ0n) is 18.3. The van der Waals surface area contributed by atoms with Crippen molar-refractivity contribution in [1.29, 1.82) is 0 Å². The summed E-state index contributed by atoms with van der Waals surface area (Å²) in [5.41, 5.74) is 6.96. The highest BCUT2D eigenvalue weighted by molar-refractivity contribution is 9.10. The average molecular weight is 552 g/mol. The number of nitrogens with zero attached hydrogens (tertiary/aromatic N) is 3. The molecule has 0 bridgehead atoms. The lowest BCUT2D eigenvalue weighted by molar-refractivity contribution is -0.139. The van der Waals surface area contributed by atoms with E-state index in [4.69, 9.17) is 20.2 Å². The minimum Gasteiger partial charge on any atom is -0.463 e. The number of ether oxygens (including phenoxy) is 2. The van der Waals surface area contributed by atoms with Crippen LogP contribution in [-0.4, -0.2) is 66.5 Å². The minimum atomic E-state index is -0.794. The maximum absolute atomic E-state index is 13.8. The predicted molar refractivity (Wildman–Crippen MR) is 128 cm³/mol. The van der Waals surface area contributed by atoms with Crippen LogP contribution in [0.4, 0.5) is 4.39 Å². The lowest BCUT2D eigenvalue weighted by Crippen LogP contribution is -2.54. The van der Waals surface area contributed by atoms with Gasteiger partial charge in [0.05, 0.1) is 25.4 Å². The fraction of sp³-hybridized carbons (Fsp3) is 0.364. The van der Waals surface area contributed by atoms with Crippen molar-refractivity contribution >= 4 is 45.0 Å². The van der Waals surface area contributed by atoms with Crippen molar-refractivity contribution < 1.29 is 23.5 Å². The van der Waals surface area contributed by atoms with Gasteiger partial charge in [-0.05, 0) is 24.6 Å². The molecular formula is C22H23BrFN5O4S. The largest absolute Gasteiger partial charge is 0.463 e. The molecule has 34 heavy (non-hydrogen) atoms. The smallest absolute Gasteiger partial charge is 0.338 e. The zero-order valence-corrected chi connectivity index (χ0v) is 20.7. The molecule has 0 radical (unpaired) electrons. The van der Waals surface area contributed by atoms with Gasteiger partial charge >= 0.3 is 5.97 Å². The summed E-state index contributed by atoms with van der Waals surface area (Å²) in [5.74, 6) is -1.03. The highest BCUT2D eigenvalue weighted by Gasteiger charge is 2.36. The third-order valence-corrected chi connectivity index (χ3v) is 6.91. The molecular weight excluding hydrogens is 529 g/mol. The quantitative estimate of drug-likeness (QED) is 0.506. The van der Waals surface area contributed by atoms with Crippen LogP contribution in [0.25, 0.3) is 0 Å². The maximum Gasteiger partial charge on any atom is 0.338 e. The summed E-state index contributed by atoms with van der Waals surface area (Å²) in [7, 11) is 0. The van der Waals surface area contributed by atoms with Gasteiger partial charge < -0.3 is 20.5 Å². The Kier molecular flexibility index (Phi) is 7.71. The second kappa shape index (κ2) is 10.7. The van der Waals surface area contributed by atoms with Crippen LogP contribution in [0, 0.1) is 5.82 Å². The summed E-state index contributed by atoms with van der Waals surface area (Å²) in [6.45, 7) is 3.11. The number of benzene rings is 1. The summed E-state index contributed by atoms with van der Waals surface area (Å²) < 4.78 is 25.1. The monoisotopic (exact) mass is 551 g/mol. The minimum absolute atomic E-state index is 0.164. The van der Waals surface area contributed by atoms with Crippen LogP contribution >= 0.6 is 27.3 Å². The van der Waals surface area contributed by atoms with E-state index in [0.29, 0.717) is 39.7 Å². The third-order valence-electron chi connectivity index (χ3n) is 5.44. The van der Waals surface area contributed by atoms with E-state index in [9.17, 15) is 14.0 Å². The van der Waals surface area contributed by atoms with Crippen LogP contribution < -0.4 is 11.1 Å². The summed E-state index contributed by atoms with van der Waals surface area (Å²) in [6.07, 6.45) is 1.66. The Hall–Kier alpha value is -2.67. The van der Waals surface area contributed by atoms with Crippen molar-refractivity contribution in [2.24, 2.45) is 10.7 Å². The van der Waals surface area contributed by atoms with Gasteiger partial charge in [-0.1, -0.05) is 22.0 Å². The first-order chi connectivity index (χ1) is 16.4. The summed E-state index contributed by atoms with van der Waals surface area (Å²) >= 11 is 4.79. The number of amides is 1. The lowest BCUT2D eigenvalue weighted by Gasteiger charge is -2.36. The number of esters is 1. The number of hydrogen-bond acceptors (Lipinski definition) is 9. The second-order valence-electron chi connectivity index (χ2n) is 7.58. The number of hydrogen-bond donors (Lipinski definition) is 2. The Morgan fingerprint density at radius 2 is 2.26 bits per heavy atom. The molecule has 4 rings (SSSR count). The van der Waals surface area contributed by atoms with E-state index in [1.165, 1.54) is 23.5 Å². The molecule has 1 aromatic carbocycles. The van der Waals surface area contributed by atoms with E-state index in [0.717, 1.165) is 0 Å². The Balaban J connectivity index is 1.83. The fourth-order valence-corrected chi connectivity index (χ4v) is 5.01. The molecule has 2 aromatic rings. The topological polar surface area (TPSA) is 119 Å². The van der Waals surface area contributed by atoms with Crippen molar-refractivity contribution in [2.45, 2.75) is 19.0 Å². The zero-order chi connectivity index (χ0) is 24.2. The highest BCUT2D eigenvalue weighted by Crippen LogP contribution is 2.37. The van der Waals surface area contributed by atoms with E-state index in [1.807, 2.05) is 10.3 Å². The number of nitrogens with two attached hydrogens (primary N) is 1. The van der Waals surface area contributed by atoms with Gasteiger partial charge in [0.25, 0.3) is 0 Å². The Morgan fingerprint density at radius 3 is 2.94 bits per heavy atom. The number of thiazole rings is 1. The fourth-order valence-electron chi connectivity index (χ4n) is 3.86. The molecule has 2 atom stereocenters. The molecule has 2 aliphatic heterocycles. The molecule has 3 N–H and O–H groups in total. The van der Waals surface area contributed by atoms with Crippen LogP contribution in [0.15, 0.2) is 50.5 Å². The first-order valence-corrected chi connectivity index (χ1v) is 12.3. The number of primary amides is 1. The van der Waals surface area contributed by atoms with Gasteiger partial charge in [-0.15, -0.1) is 11.3 Å². The lowest BCUT2D eigenvalue weighted by atomic mass is 9.95. The standard InChI is InChI=1S/C22H23BrFN5O4S/c1-2-33-22(31)17-15(10-29-6-7-32-11-16(29)19(25)30)27-20(21-26-5-8-34-21)28-18(17)13-4-3-12(24)9-14(13)23/h3-5,8-9,16,18H,2,6-7,10-11H2,1H3,(H2,25,30)(H,27,28). The van der Waals surface area contributed by atoms with E-state index in [1.54, 1.807) is 19.2 Å². The van der Waals surface area contributed by atoms with Crippen molar-refractivity contribution in [3.63, 3.8) is 0 Å². The van der Waals surface area contributed by atoms with Gasteiger partial charge in [0, 0.05) is 34.8 Å². The molecule has 3 heterocycles. The van der Waals surface area contributed by atoms with E-state index < -0.39 is 29.8 Å². The molecule has 1 aromatic heterocycles. The van der Waals surface area contributed by atoms with Crippen LogP contribution in [0.5, 0.6) is 0 Å². The number of aliphatic imine (C=N–C) groups is 1. The van der Waals surface area contributed by atoms with Gasteiger partial charge in [-0.3, -0.25) is 14.7 Å². The van der Waals surface area contributed by atoms with Crippen molar-refractivity contribution in [2.75, 3.05) is 32.9 Å². The molecule has 180 valence electrons. The molecule has 12 heteroatoms. The Bertz CT molecular complexity index is 1140. The highest BCUT2D eigenvalue weighted by atomic mass is 79.9. The van der Waals surface area contributed by atoms with Crippen molar-refractivity contribution in [1.82, 2.24) is 15.2 Å². The molecule has 2 unspecified atom stereocenters. The summed E-state index contributed by atoms with van der Waals surface area (Å²) in [6, 6.07) is 2.77. The Labute approximate surface area is 208 Å². The van der Waals surface area contributed by atoms with Crippen LogP contribution in [-0.2, 0) is 19.1 Å². The van der Waals surface area contributed by atoms with Gasteiger partial charge in [0.2, 0.25) is 5.91 Å². The Morgan fingerprint density at radius 1 is 1.44 bits per heavy atom. The molecule has 1 amide bonds. The van der Waals surface area contributed by atoms with Gasteiger partial charge in [-0.2, -0.15) is 0 Å². The number of aromatic nitrogens is 1. The molecule has 1 fully saturated rings. The predicted octanol–water partition coefficient (Wildman–Crippen LogP) is 2.14. The molecule has 2 aliphatic rings. The van der Waals surface area contributed by atoms with Gasteiger partial charge in [0.15, 0.2) is 10.8 Å².